The third-order valence-corrected chi connectivity index (χ3v) is 6.92. The van der Waals surface area contributed by atoms with Crippen molar-refractivity contribution < 1.29 is 22.3 Å². The van der Waals surface area contributed by atoms with Gasteiger partial charge in [-0.2, -0.15) is 5.10 Å². The molecule has 1 saturated heterocycles. The van der Waals surface area contributed by atoms with Crippen molar-refractivity contribution in [3.05, 3.63) is 66.6 Å². The van der Waals surface area contributed by atoms with Gasteiger partial charge in [0.15, 0.2) is 15.5 Å². The summed E-state index contributed by atoms with van der Waals surface area (Å²) in [6.45, 7) is 0.950. The highest BCUT2D eigenvalue weighted by Crippen LogP contribution is 2.27. The van der Waals surface area contributed by atoms with Crippen LogP contribution in [0.15, 0.2) is 60.0 Å². The lowest BCUT2D eigenvalue weighted by Crippen LogP contribution is -2.42. The van der Waals surface area contributed by atoms with Crippen molar-refractivity contribution in [1.29, 1.82) is 0 Å². The van der Waals surface area contributed by atoms with Crippen LogP contribution in [0.25, 0.3) is 16.7 Å². The fraction of sp³-hybridized carbons (Fsp3) is 0.261. The number of hydrogen-bond donors (Lipinski definition) is 0. The molecule has 0 spiro atoms. The van der Waals surface area contributed by atoms with E-state index in [9.17, 15) is 17.6 Å². The SMILES string of the molecule is CS(=O)(=O)c1ccc(-n2ncc3c(OC4CCN(C(=O)c5ccc(F)cn5)CC4)ncnc32)cc1. The van der Waals surface area contributed by atoms with Gasteiger partial charge in [0.1, 0.15) is 29.3 Å². The molecule has 180 valence electrons. The highest BCUT2D eigenvalue weighted by Gasteiger charge is 2.26. The third kappa shape index (κ3) is 4.69. The van der Waals surface area contributed by atoms with E-state index in [0.717, 1.165) is 12.5 Å². The number of benzene rings is 1. The minimum atomic E-state index is -3.30. The number of aromatic nitrogens is 5. The number of carbonyl (C=O) groups is 1. The van der Waals surface area contributed by atoms with Crippen LogP contribution in [0, 0.1) is 5.82 Å². The van der Waals surface area contributed by atoms with Gasteiger partial charge in [0, 0.05) is 32.2 Å². The van der Waals surface area contributed by atoms with E-state index in [1.807, 2.05) is 0 Å². The lowest BCUT2D eigenvalue weighted by molar-refractivity contribution is 0.0585. The van der Waals surface area contributed by atoms with Crippen molar-refractivity contribution in [2.75, 3.05) is 19.3 Å². The molecular formula is C23H21FN6O4S. The van der Waals surface area contributed by atoms with Gasteiger partial charge in [-0.25, -0.2) is 32.4 Å². The van der Waals surface area contributed by atoms with Crippen LogP contribution < -0.4 is 4.74 Å². The Balaban J connectivity index is 1.29. The summed E-state index contributed by atoms with van der Waals surface area (Å²) in [5.74, 6) is -0.339. The Morgan fingerprint density at radius 2 is 1.77 bits per heavy atom. The molecule has 5 rings (SSSR count). The largest absolute Gasteiger partial charge is 0.474 e. The van der Waals surface area contributed by atoms with E-state index in [2.05, 4.69) is 20.1 Å². The lowest BCUT2D eigenvalue weighted by Gasteiger charge is -2.31. The van der Waals surface area contributed by atoms with E-state index in [4.69, 9.17) is 4.74 Å². The number of amides is 1. The number of hydrogen-bond acceptors (Lipinski definition) is 8. The summed E-state index contributed by atoms with van der Waals surface area (Å²) < 4.78 is 44.3. The summed E-state index contributed by atoms with van der Waals surface area (Å²) in [6.07, 6.45) is 6.22. The summed E-state index contributed by atoms with van der Waals surface area (Å²) in [6, 6.07) is 8.96. The zero-order chi connectivity index (χ0) is 24.6. The second-order valence-corrected chi connectivity index (χ2v) is 10.2. The Bertz CT molecular complexity index is 1480. The highest BCUT2D eigenvalue weighted by molar-refractivity contribution is 7.90. The molecular weight excluding hydrogens is 475 g/mol. The van der Waals surface area contributed by atoms with E-state index in [-0.39, 0.29) is 22.6 Å². The van der Waals surface area contributed by atoms with Crippen LogP contribution in [0.2, 0.25) is 0 Å². The molecule has 10 nitrogen and oxygen atoms in total. The molecule has 0 bridgehead atoms. The molecule has 3 aromatic heterocycles. The molecule has 4 heterocycles. The molecule has 1 amide bonds. The van der Waals surface area contributed by atoms with Crippen molar-refractivity contribution in [3.63, 3.8) is 0 Å². The maximum absolute atomic E-state index is 13.1. The molecule has 35 heavy (non-hydrogen) atoms. The number of fused-ring (bicyclic) bond motifs is 1. The average molecular weight is 497 g/mol. The smallest absolute Gasteiger partial charge is 0.272 e. The topological polar surface area (TPSA) is 120 Å². The fourth-order valence-corrected chi connectivity index (χ4v) is 4.57. The fourth-order valence-electron chi connectivity index (χ4n) is 3.94. The first kappa shape index (κ1) is 22.8. The van der Waals surface area contributed by atoms with Crippen LogP contribution >= 0.6 is 0 Å². The molecule has 12 heteroatoms. The van der Waals surface area contributed by atoms with E-state index < -0.39 is 15.7 Å². The molecule has 4 aromatic rings. The zero-order valence-corrected chi connectivity index (χ0v) is 19.5. The first-order valence-electron chi connectivity index (χ1n) is 10.9. The van der Waals surface area contributed by atoms with Crippen LogP contribution in [0.1, 0.15) is 23.3 Å². The van der Waals surface area contributed by atoms with E-state index in [0.29, 0.717) is 48.5 Å². The average Bonchev–Trinajstić information content (AvgIpc) is 3.29. The number of piperidine rings is 1. The first-order valence-corrected chi connectivity index (χ1v) is 12.8. The zero-order valence-electron chi connectivity index (χ0n) is 18.7. The van der Waals surface area contributed by atoms with Crippen molar-refractivity contribution >= 4 is 26.8 Å². The quantitative estimate of drug-likeness (QED) is 0.413. The van der Waals surface area contributed by atoms with E-state index >= 15 is 0 Å². The Labute approximate surface area is 200 Å². The summed E-state index contributed by atoms with van der Waals surface area (Å²) in [5, 5.41) is 5.00. The molecule has 1 aliphatic rings. The lowest BCUT2D eigenvalue weighted by atomic mass is 10.1. The summed E-state index contributed by atoms with van der Waals surface area (Å²) in [4.78, 5) is 27.0. The predicted octanol–water partition coefficient (Wildman–Crippen LogP) is 2.44. The van der Waals surface area contributed by atoms with Gasteiger partial charge >= 0.3 is 0 Å². The first-order chi connectivity index (χ1) is 16.8. The molecule has 1 fully saturated rings. The Kier molecular flexibility index (Phi) is 5.89. The van der Waals surface area contributed by atoms with Gasteiger partial charge in [-0.05, 0) is 36.4 Å². The van der Waals surface area contributed by atoms with Crippen LogP contribution in [-0.2, 0) is 9.84 Å². The van der Waals surface area contributed by atoms with Gasteiger partial charge < -0.3 is 9.64 Å². The van der Waals surface area contributed by atoms with Gasteiger partial charge in [-0.15, -0.1) is 0 Å². The number of pyridine rings is 1. The van der Waals surface area contributed by atoms with E-state index in [1.54, 1.807) is 27.9 Å². The van der Waals surface area contributed by atoms with Gasteiger partial charge in [0.25, 0.3) is 5.91 Å². The van der Waals surface area contributed by atoms with Crippen molar-refractivity contribution in [1.82, 2.24) is 29.6 Å². The number of carbonyl (C=O) groups excluding carboxylic acids is 1. The maximum Gasteiger partial charge on any atom is 0.272 e. The standard InChI is InChI=1S/C23H21FN6O4S/c1-35(32,33)18-5-3-16(4-6-18)30-21-19(13-28-30)22(27-14-26-21)34-17-8-10-29(11-9-17)23(31)20-7-2-15(24)12-25-20/h2-7,12-14,17H,8-11H2,1H3. The molecule has 0 saturated carbocycles. The molecule has 0 unspecified atom stereocenters. The monoisotopic (exact) mass is 496 g/mol. The molecule has 0 atom stereocenters. The van der Waals surface area contributed by atoms with Crippen molar-refractivity contribution in [3.8, 4) is 11.6 Å². The second-order valence-electron chi connectivity index (χ2n) is 8.21. The number of rotatable bonds is 5. The van der Waals surface area contributed by atoms with Crippen LogP contribution in [0.4, 0.5) is 4.39 Å². The normalized spacial score (nSPS) is 14.9. The number of likely N-dealkylation sites (tertiary alicyclic amines) is 1. The van der Waals surface area contributed by atoms with Gasteiger partial charge in [0.2, 0.25) is 5.88 Å². The van der Waals surface area contributed by atoms with Gasteiger partial charge in [-0.3, -0.25) is 4.79 Å². The molecule has 1 aromatic carbocycles. The maximum atomic E-state index is 13.1. The van der Waals surface area contributed by atoms with Crippen LogP contribution in [0.3, 0.4) is 0 Å². The van der Waals surface area contributed by atoms with Crippen LogP contribution in [-0.4, -0.2) is 69.4 Å². The Morgan fingerprint density at radius 3 is 2.43 bits per heavy atom. The Morgan fingerprint density at radius 1 is 1.03 bits per heavy atom. The predicted molar refractivity (Wildman–Crippen MR) is 124 cm³/mol. The number of halogens is 1. The summed E-state index contributed by atoms with van der Waals surface area (Å²) in [5.41, 5.74) is 1.38. The number of ether oxygens (including phenoxy) is 1. The molecule has 0 aliphatic carbocycles. The van der Waals surface area contributed by atoms with Crippen molar-refractivity contribution in [2.45, 2.75) is 23.8 Å². The molecule has 0 N–H and O–H groups in total. The summed E-state index contributed by atoms with van der Waals surface area (Å²) >= 11 is 0. The highest BCUT2D eigenvalue weighted by atomic mass is 32.2. The van der Waals surface area contributed by atoms with Gasteiger partial charge in [-0.1, -0.05) is 0 Å². The third-order valence-electron chi connectivity index (χ3n) is 5.79. The number of nitrogens with zero attached hydrogens (tertiary/aromatic N) is 6. The molecule has 0 radical (unpaired) electrons. The van der Waals surface area contributed by atoms with Gasteiger partial charge in [0.05, 0.1) is 23.0 Å². The van der Waals surface area contributed by atoms with Crippen LogP contribution in [0.5, 0.6) is 5.88 Å². The Hall–Kier alpha value is -3.93. The summed E-state index contributed by atoms with van der Waals surface area (Å²) in [7, 11) is -3.30. The minimum absolute atomic E-state index is 0.157. The molecule has 1 aliphatic heterocycles. The number of sulfone groups is 1. The minimum Gasteiger partial charge on any atom is -0.474 e. The second kappa shape index (κ2) is 9.02. The van der Waals surface area contributed by atoms with Crippen molar-refractivity contribution in [2.24, 2.45) is 0 Å². The van der Waals surface area contributed by atoms with E-state index in [1.165, 1.54) is 30.6 Å².